The van der Waals surface area contributed by atoms with E-state index in [0.29, 0.717) is 0 Å². The molecule has 7 aromatic carbocycles. The van der Waals surface area contributed by atoms with Crippen LogP contribution in [0.3, 0.4) is 0 Å². The summed E-state index contributed by atoms with van der Waals surface area (Å²) in [7, 11) is 2.53. The van der Waals surface area contributed by atoms with Crippen LogP contribution in [0.25, 0.3) is 75.7 Å². The number of aromatic amines is 1. The van der Waals surface area contributed by atoms with E-state index in [2.05, 4.69) is 188 Å². The predicted molar refractivity (Wildman–Crippen MR) is 272 cm³/mol. The van der Waals surface area contributed by atoms with Crippen LogP contribution in [0.15, 0.2) is 120 Å². The first-order valence-electron chi connectivity index (χ1n) is 23.0. The minimum absolute atomic E-state index is 0.0504. The molecular formula is C58H52BN2OS. The highest BCUT2D eigenvalue weighted by Crippen LogP contribution is 2.54. The second-order valence-electron chi connectivity index (χ2n) is 21.7. The third kappa shape index (κ3) is 5.20. The molecule has 0 saturated heterocycles. The van der Waals surface area contributed by atoms with Gasteiger partial charge in [-0.05, 0) is 139 Å². The van der Waals surface area contributed by atoms with Crippen LogP contribution in [0.4, 0.5) is 17.1 Å². The van der Waals surface area contributed by atoms with Crippen molar-refractivity contribution in [2.24, 2.45) is 0 Å². The fraction of sp³-hybridized carbons (Fsp3) is 0.276. The molecule has 13 rings (SSSR count). The first kappa shape index (κ1) is 37.8. The molecular weight excluding hydrogens is 784 g/mol. The largest absolute Gasteiger partial charge is 0.456 e. The number of hydrogen-bond acceptors (Lipinski definition) is 3. The van der Waals surface area contributed by atoms with Gasteiger partial charge < -0.3 is 14.3 Å². The second-order valence-corrected chi connectivity index (χ2v) is 22.8. The summed E-state index contributed by atoms with van der Waals surface area (Å²) in [6.07, 6.45) is 4.72. The predicted octanol–water partition coefficient (Wildman–Crippen LogP) is 15.4. The molecule has 0 saturated carbocycles. The van der Waals surface area contributed by atoms with Gasteiger partial charge in [-0.3, -0.25) is 0 Å². The van der Waals surface area contributed by atoms with E-state index >= 15 is 0 Å². The number of anilines is 3. The number of fused-ring (bicyclic) bond motifs is 15. The van der Waals surface area contributed by atoms with Gasteiger partial charge in [0, 0.05) is 43.0 Å². The number of rotatable bonds is 2. The molecule has 0 fully saturated rings. The van der Waals surface area contributed by atoms with Gasteiger partial charge in [0.05, 0.1) is 22.3 Å². The van der Waals surface area contributed by atoms with Gasteiger partial charge in [0.2, 0.25) is 7.28 Å². The summed E-state index contributed by atoms with van der Waals surface area (Å²) in [5.74, 6) is 0. The molecule has 3 aliphatic rings. The zero-order chi connectivity index (χ0) is 42.9. The summed E-state index contributed by atoms with van der Waals surface area (Å²) < 4.78 is 9.64. The smallest absolute Gasteiger partial charge is 0.211 e. The molecule has 10 aromatic rings. The molecule has 1 radical (unpaired) electrons. The standard InChI is InChI=1S/C58H52BN2OS/c1-55(2)24-25-56(3,4)41-28-33(21-22-40(41)55)61-52-39-29-42-43(58(7,8)27-26-57(42,5)6)31-47(39)63-54(52)59-50-38(30-46-49(53(50)61)36-16-11-12-19-45(36)62-46)35-17-13-18-37-48-34-15-10-9-14-32(34)20-23-44(48)60-51(35)37/h9-23,28-31,60H,24-27H2,1-8H3. The summed E-state index contributed by atoms with van der Waals surface area (Å²) in [5.41, 5.74) is 17.7. The fourth-order valence-corrected chi connectivity index (χ4v) is 13.3. The Bertz CT molecular complexity index is 3630. The minimum atomic E-state index is 0.0504. The Morgan fingerprint density at radius 2 is 1.21 bits per heavy atom. The molecule has 3 aromatic heterocycles. The fourth-order valence-electron chi connectivity index (χ4n) is 12.1. The average Bonchev–Trinajstić information content (AvgIpc) is 3.96. The number of nitrogens with one attached hydrogen (secondary N) is 1. The number of thiophene rings is 1. The quantitative estimate of drug-likeness (QED) is 0.176. The van der Waals surface area contributed by atoms with Crippen molar-refractivity contribution < 1.29 is 4.42 Å². The van der Waals surface area contributed by atoms with Crippen LogP contribution in [-0.4, -0.2) is 12.3 Å². The lowest BCUT2D eigenvalue weighted by Gasteiger charge is -2.43. The Labute approximate surface area is 374 Å². The third-order valence-electron chi connectivity index (χ3n) is 16.0. The van der Waals surface area contributed by atoms with Gasteiger partial charge in [0.25, 0.3) is 0 Å². The monoisotopic (exact) mass is 835 g/mol. The van der Waals surface area contributed by atoms with Crippen molar-refractivity contribution in [2.75, 3.05) is 4.90 Å². The van der Waals surface area contributed by atoms with Crippen LogP contribution in [0.2, 0.25) is 0 Å². The maximum absolute atomic E-state index is 6.98. The number of para-hydroxylation sites is 2. The maximum Gasteiger partial charge on any atom is 0.211 e. The lowest BCUT2D eigenvalue weighted by atomic mass is 9.61. The number of furan rings is 1. The SMILES string of the molecule is CC1(C)CCC(C)(C)c2cc(N3c4c(sc5cc6c(cc45)C(C)(C)CCC6(C)C)[B]c4c(-c5cccc6c5[nH]c5ccc7ccccc7c56)cc5oc6ccccc6c5c43)ccc21. The van der Waals surface area contributed by atoms with Crippen LogP contribution < -0.4 is 15.1 Å². The summed E-state index contributed by atoms with van der Waals surface area (Å²) >= 11 is 1.96. The van der Waals surface area contributed by atoms with E-state index in [9.17, 15) is 0 Å². The molecule has 0 unspecified atom stereocenters. The Hall–Kier alpha value is -5.78. The van der Waals surface area contributed by atoms with Crippen molar-refractivity contribution in [1.29, 1.82) is 0 Å². The summed E-state index contributed by atoms with van der Waals surface area (Å²) in [5, 5.41) is 8.69. The first-order chi connectivity index (χ1) is 30.2. The van der Waals surface area contributed by atoms with Crippen molar-refractivity contribution in [3.05, 3.63) is 138 Å². The van der Waals surface area contributed by atoms with Gasteiger partial charge in [-0.2, -0.15) is 0 Å². The third-order valence-corrected chi connectivity index (χ3v) is 17.1. The highest BCUT2D eigenvalue weighted by atomic mass is 32.1. The highest BCUT2D eigenvalue weighted by Gasteiger charge is 2.42. The van der Waals surface area contributed by atoms with E-state index in [1.165, 1.54) is 112 Å². The molecule has 0 spiro atoms. The number of nitrogens with zero attached hydrogens (tertiary/aromatic N) is 1. The molecule has 63 heavy (non-hydrogen) atoms. The normalized spacial score (nSPS) is 18.2. The van der Waals surface area contributed by atoms with E-state index in [-0.39, 0.29) is 21.7 Å². The molecule has 2 aliphatic carbocycles. The van der Waals surface area contributed by atoms with E-state index in [1.54, 1.807) is 0 Å². The van der Waals surface area contributed by atoms with Gasteiger partial charge in [0.1, 0.15) is 11.2 Å². The van der Waals surface area contributed by atoms with Crippen LogP contribution >= 0.6 is 11.3 Å². The zero-order valence-corrected chi connectivity index (χ0v) is 38.5. The molecule has 309 valence electrons. The zero-order valence-electron chi connectivity index (χ0n) is 37.6. The van der Waals surface area contributed by atoms with Crippen LogP contribution in [0.1, 0.15) is 103 Å². The molecule has 0 bridgehead atoms. The van der Waals surface area contributed by atoms with Gasteiger partial charge in [-0.1, -0.05) is 128 Å². The van der Waals surface area contributed by atoms with Gasteiger partial charge in [-0.25, -0.2) is 0 Å². The first-order valence-corrected chi connectivity index (χ1v) is 23.8. The molecule has 1 aliphatic heterocycles. The van der Waals surface area contributed by atoms with Gasteiger partial charge in [-0.15, -0.1) is 11.3 Å². The number of hydrogen-bond donors (Lipinski definition) is 1. The second kappa shape index (κ2) is 12.5. The molecule has 1 N–H and O–H groups in total. The number of benzene rings is 7. The lowest BCUT2D eigenvalue weighted by Crippen LogP contribution is -2.40. The van der Waals surface area contributed by atoms with Crippen molar-refractivity contribution >= 4 is 111 Å². The molecule has 4 heterocycles. The van der Waals surface area contributed by atoms with Crippen LogP contribution in [0.5, 0.6) is 0 Å². The summed E-state index contributed by atoms with van der Waals surface area (Å²) in [6, 6.07) is 43.7. The summed E-state index contributed by atoms with van der Waals surface area (Å²) in [6.45, 7) is 19.6. The van der Waals surface area contributed by atoms with Crippen LogP contribution in [0, 0.1) is 0 Å². The molecule has 5 heteroatoms. The van der Waals surface area contributed by atoms with Crippen molar-refractivity contribution in [3.63, 3.8) is 0 Å². The van der Waals surface area contributed by atoms with Crippen molar-refractivity contribution in [1.82, 2.24) is 4.98 Å². The van der Waals surface area contributed by atoms with Gasteiger partial charge >= 0.3 is 0 Å². The van der Waals surface area contributed by atoms with Gasteiger partial charge in [0.15, 0.2) is 0 Å². The number of H-pyrrole nitrogens is 1. The van der Waals surface area contributed by atoms with E-state index in [4.69, 9.17) is 4.42 Å². The Morgan fingerprint density at radius 1 is 0.540 bits per heavy atom. The molecule has 0 atom stereocenters. The highest BCUT2D eigenvalue weighted by molar-refractivity contribution is 7.29. The van der Waals surface area contributed by atoms with Crippen molar-refractivity contribution in [3.8, 4) is 11.1 Å². The molecule has 0 amide bonds. The maximum atomic E-state index is 6.98. The van der Waals surface area contributed by atoms with E-state index < -0.39 is 0 Å². The van der Waals surface area contributed by atoms with E-state index in [1.807, 2.05) is 11.3 Å². The van der Waals surface area contributed by atoms with Crippen molar-refractivity contribution in [2.45, 2.75) is 103 Å². The Kier molecular flexibility index (Phi) is 7.48. The average molecular weight is 836 g/mol. The molecule has 3 nitrogen and oxygen atoms in total. The Balaban J connectivity index is 1.17. The lowest BCUT2D eigenvalue weighted by molar-refractivity contribution is 0.332. The minimum Gasteiger partial charge on any atom is -0.456 e. The summed E-state index contributed by atoms with van der Waals surface area (Å²) in [4.78, 5) is 6.61. The number of aromatic nitrogens is 1. The van der Waals surface area contributed by atoms with E-state index in [0.717, 1.165) is 39.4 Å². The topological polar surface area (TPSA) is 32.2 Å². The Morgan fingerprint density at radius 3 is 1.98 bits per heavy atom. The van der Waals surface area contributed by atoms with Crippen LogP contribution in [-0.2, 0) is 21.7 Å².